The van der Waals surface area contributed by atoms with Crippen LogP contribution in [-0.4, -0.2) is 36.7 Å². The van der Waals surface area contributed by atoms with Crippen LogP contribution in [0, 0.1) is 11.8 Å². The molecule has 0 saturated carbocycles. The highest BCUT2D eigenvalue weighted by Gasteiger charge is 2.70. The third-order valence-electron chi connectivity index (χ3n) is 9.67. The molecule has 1 spiro atoms. The number of ether oxygens (including phenoxy) is 1. The number of hydrogen-bond acceptors (Lipinski definition) is 5. The number of fused-ring (bicyclic) bond motifs is 6. The molecule has 4 aromatic rings. The summed E-state index contributed by atoms with van der Waals surface area (Å²) in [5.41, 5.74) is 4.93. The maximum Gasteiger partial charge on any atom is 0.238 e. The average Bonchev–Trinajstić information content (AvgIpc) is 3.52. The third-order valence-corrected chi connectivity index (χ3v) is 9.67. The Hall–Kier alpha value is -4.97. The van der Waals surface area contributed by atoms with Gasteiger partial charge in [0.15, 0.2) is 11.6 Å². The second-order valence-electron chi connectivity index (χ2n) is 12.8. The van der Waals surface area contributed by atoms with Crippen LogP contribution in [0.15, 0.2) is 103 Å². The van der Waals surface area contributed by atoms with Gasteiger partial charge in [-0.05, 0) is 60.2 Å². The molecule has 1 amide bonds. The Bertz CT molecular complexity index is 1870. The number of ketones is 2. The summed E-state index contributed by atoms with van der Waals surface area (Å²) < 4.78 is 5.48. The molecule has 3 aliphatic rings. The molecule has 6 heteroatoms. The van der Waals surface area contributed by atoms with Crippen molar-refractivity contribution in [3.8, 4) is 5.75 Å². The largest absolute Gasteiger partial charge is 0.497 e. The number of amides is 1. The lowest BCUT2D eigenvalue weighted by Gasteiger charge is -2.39. The van der Waals surface area contributed by atoms with Crippen LogP contribution in [0.2, 0.25) is 0 Å². The van der Waals surface area contributed by atoms with Crippen molar-refractivity contribution in [3.05, 3.63) is 131 Å². The van der Waals surface area contributed by atoms with Crippen LogP contribution in [0.25, 0.3) is 5.57 Å². The van der Waals surface area contributed by atoms with Gasteiger partial charge < -0.3 is 15.0 Å². The van der Waals surface area contributed by atoms with E-state index in [-0.39, 0.29) is 17.5 Å². The van der Waals surface area contributed by atoms with E-state index in [4.69, 9.17) is 4.74 Å². The minimum atomic E-state index is -1.35. The number of benzene rings is 4. The summed E-state index contributed by atoms with van der Waals surface area (Å²) in [4.78, 5) is 46.7. The first kappa shape index (κ1) is 28.8. The summed E-state index contributed by atoms with van der Waals surface area (Å²) in [5.74, 6) is -0.719. The van der Waals surface area contributed by atoms with E-state index < -0.39 is 23.4 Å². The predicted octanol–water partition coefficient (Wildman–Crippen LogP) is 7.14. The predicted molar refractivity (Wildman–Crippen MR) is 177 cm³/mol. The number of Topliss-reactive ketones (excluding diaryl/α,β-unsaturated/α-hetero) is 2. The molecule has 1 N–H and O–H groups in total. The number of nitrogens with zero attached hydrogens (tertiary/aromatic N) is 1. The van der Waals surface area contributed by atoms with Crippen LogP contribution in [0.3, 0.4) is 0 Å². The third kappa shape index (κ3) is 4.34. The Kier molecular flexibility index (Phi) is 6.96. The van der Waals surface area contributed by atoms with E-state index >= 15 is 4.79 Å². The molecular formula is C39H36N2O4. The Morgan fingerprint density at radius 3 is 2.38 bits per heavy atom. The number of rotatable bonds is 7. The van der Waals surface area contributed by atoms with Gasteiger partial charge >= 0.3 is 0 Å². The van der Waals surface area contributed by atoms with Crippen molar-refractivity contribution in [1.82, 2.24) is 0 Å². The Morgan fingerprint density at radius 1 is 0.889 bits per heavy atom. The summed E-state index contributed by atoms with van der Waals surface area (Å²) >= 11 is 0. The minimum absolute atomic E-state index is 0.225. The quantitative estimate of drug-likeness (QED) is 0.230. The number of anilines is 2. The first-order valence-electron chi connectivity index (χ1n) is 15.5. The van der Waals surface area contributed by atoms with Crippen molar-refractivity contribution in [2.45, 2.75) is 44.7 Å². The monoisotopic (exact) mass is 596 g/mol. The number of carbonyl (C=O) groups is 3. The summed E-state index contributed by atoms with van der Waals surface area (Å²) in [6.45, 7) is 6.36. The second kappa shape index (κ2) is 10.9. The molecular weight excluding hydrogens is 560 g/mol. The summed E-state index contributed by atoms with van der Waals surface area (Å²) in [5, 5.41) is 3.11. The van der Waals surface area contributed by atoms with Crippen molar-refractivity contribution >= 4 is 34.4 Å². The number of hydrogen-bond donors (Lipinski definition) is 1. The van der Waals surface area contributed by atoms with Gasteiger partial charge in [-0.25, -0.2) is 0 Å². The average molecular weight is 597 g/mol. The normalized spacial score (nSPS) is 22.9. The molecule has 0 aromatic heterocycles. The SMILES string of the molecule is COc1cccc(C(=O)[C@@H]2[C@H](C(=O)c3ccc(CC(C)C)cc3)[C@]3(C(=O)Nc4ccccc43)[C@H]3C=C(C)c4ccccc4N23)c1. The van der Waals surface area contributed by atoms with Gasteiger partial charge in [0, 0.05) is 28.1 Å². The summed E-state index contributed by atoms with van der Waals surface area (Å²) in [7, 11) is 1.56. The van der Waals surface area contributed by atoms with Gasteiger partial charge in [0.1, 0.15) is 17.2 Å². The number of methoxy groups -OCH3 is 1. The van der Waals surface area contributed by atoms with Gasteiger partial charge in [-0.2, -0.15) is 0 Å². The maximum atomic E-state index is 15.1. The second-order valence-corrected chi connectivity index (χ2v) is 12.8. The van der Waals surface area contributed by atoms with Crippen molar-refractivity contribution < 1.29 is 19.1 Å². The molecule has 1 saturated heterocycles. The number of allylic oxidation sites excluding steroid dienone is 1. The van der Waals surface area contributed by atoms with Crippen molar-refractivity contribution in [3.63, 3.8) is 0 Å². The molecule has 1 fully saturated rings. The van der Waals surface area contributed by atoms with Gasteiger partial charge in [-0.15, -0.1) is 0 Å². The molecule has 3 heterocycles. The van der Waals surface area contributed by atoms with Crippen LogP contribution in [0.4, 0.5) is 11.4 Å². The zero-order chi connectivity index (χ0) is 31.5. The first-order chi connectivity index (χ1) is 21.7. The highest BCUT2D eigenvalue weighted by Crippen LogP contribution is 2.58. The van der Waals surface area contributed by atoms with Crippen LogP contribution in [0.1, 0.15) is 58.2 Å². The highest BCUT2D eigenvalue weighted by atomic mass is 16.5. The van der Waals surface area contributed by atoms with E-state index in [1.807, 2.05) is 84.6 Å². The fourth-order valence-electron chi connectivity index (χ4n) is 7.79. The van der Waals surface area contributed by atoms with E-state index in [1.165, 1.54) is 0 Å². The zero-order valence-corrected chi connectivity index (χ0v) is 25.9. The minimum Gasteiger partial charge on any atom is -0.497 e. The van der Waals surface area contributed by atoms with E-state index in [1.54, 1.807) is 31.4 Å². The molecule has 4 aromatic carbocycles. The standard InChI is InChI=1S/C39H36N2O4/c1-23(2)20-25-16-18-26(19-17-25)36(42)34-35(37(43)27-10-9-11-28(22-27)45-4)41-32-15-8-5-12-29(32)24(3)21-33(41)39(34)30-13-6-7-14-31(30)40-38(39)44/h5-19,21-23,33-35H,20H2,1-4H3,(H,40,44)/t33-,34-,35+,39-/m1/s1. The smallest absolute Gasteiger partial charge is 0.238 e. The topological polar surface area (TPSA) is 75.7 Å². The van der Waals surface area contributed by atoms with Gasteiger partial charge in [0.25, 0.3) is 0 Å². The zero-order valence-electron chi connectivity index (χ0n) is 25.9. The van der Waals surface area contributed by atoms with Gasteiger partial charge in [-0.3, -0.25) is 14.4 Å². The van der Waals surface area contributed by atoms with Crippen LogP contribution in [0.5, 0.6) is 5.75 Å². The molecule has 7 rings (SSSR count). The van der Waals surface area contributed by atoms with Crippen molar-refractivity contribution in [2.24, 2.45) is 11.8 Å². The van der Waals surface area contributed by atoms with Crippen LogP contribution < -0.4 is 15.0 Å². The van der Waals surface area contributed by atoms with Crippen molar-refractivity contribution in [1.29, 1.82) is 0 Å². The van der Waals surface area contributed by atoms with Crippen LogP contribution >= 0.6 is 0 Å². The molecule has 4 atom stereocenters. The van der Waals surface area contributed by atoms with E-state index in [9.17, 15) is 9.59 Å². The fourth-order valence-corrected chi connectivity index (χ4v) is 7.79. The molecule has 3 aliphatic heterocycles. The lowest BCUT2D eigenvalue weighted by atomic mass is 9.64. The van der Waals surface area contributed by atoms with Gasteiger partial charge in [-0.1, -0.05) is 92.7 Å². The first-order valence-corrected chi connectivity index (χ1v) is 15.5. The number of para-hydroxylation sites is 2. The molecule has 45 heavy (non-hydrogen) atoms. The maximum absolute atomic E-state index is 15.1. The van der Waals surface area contributed by atoms with E-state index in [0.717, 1.165) is 34.4 Å². The lowest BCUT2D eigenvalue weighted by Crippen LogP contribution is -2.51. The Balaban J connectivity index is 1.50. The van der Waals surface area contributed by atoms with Crippen LogP contribution in [-0.2, 0) is 16.6 Å². The Morgan fingerprint density at radius 2 is 1.62 bits per heavy atom. The van der Waals surface area contributed by atoms with Gasteiger partial charge in [0.2, 0.25) is 5.91 Å². The highest BCUT2D eigenvalue weighted by molar-refractivity contribution is 6.18. The fraction of sp³-hybridized carbons (Fsp3) is 0.256. The molecule has 0 aliphatic carbocycles. The number of nitrogens with one attached hydrogen (secondary N) is 1. The van der Waals surface area contributed by atoms with E-state index in [2.05, 4.69) is 25.2 Å². The van der Waals surface area contributed by atoms with Crippen molar-refractivity contribution in [2.75, 3.05) is 17.3 Å². The molecule has 0 unspecified atom stereocenters. The summed E-state index contributed by atoms with van der Waals surface area (Å²) in [6.07, 6.45) is 2.97. The summed E-state index contributed by atoms with van der Waals surface area (Å²) in [6, 6.07) is 28.7. The number of carbonyl (C=O) groups excluding carboxylic acids is 3. The molecule has 6 nitrogen and oxygen atoms in total. The van der Waals surface area contributed by atoms with Gasteiger partial charge in [0.05, 0.1) is 19.1 Å². The Labute approximate surface area is 263 Å². The lowest BCUT2D eigenvalue weighted by molar-refractivity contribution is -0.121. The molecule has 226 valence electrons. The molecule has 0 radical (unpaired) electrons. The van der Waals surface area contributed by atoms with E-state index in [0.29, 0.717) is 28.5 Å². The molecule has 0 bridgehead atoms.